The van der Waals surface area contributed by atoms with Crippen molar-refractivity contribution in [3.05, 3.63) is 30.1 Å². The average Bonchev–Trinajstić information content (AvgIpc) is 2.67. The summed E-state index contributed by atoms with van der Waals surface area (Å²) in [6, 6.07) is 3.73. The number of carbonyl (C=O) groups excluding carboxylic acids is 1. The van der Waals surface area contributed by atoms with Crippen LogP contribution in [0.15, 0.2) is 24.5 Å². The molecule has 0 saturated carbocycles. The number of pyridine rings is 1. The summed E-state index contributed by atoms with van der Waals surface area (Å²) in [4.78, 5) is 16.5. The van der Waals surface area contributed by atoms with E-state index in [4.69, 9.17) is 0 Å². The lowest BCUT2D eigenvalue weighted by Crippen LogP contribution is -2.51. The molecule has 3 rings (SSSR count). The highest BCUT2D eigenvalue weighted by molar-refractivity contribution is 7.86. The van der Waals surface area contributed by atoms with Gasteiger partial charge < -0.3 is 5.32 Å². The molecule has 0 bridgehead atoms. The number of piperidine rings is 2. The van der Waals surface area contributed by atoms with Crippen LogP contribution in [0.2, 0.25) is 0 Å². The number of aromatic nitrogens is 1. The molecule has 2 aliphatic heterocycles. The van der Waals surface area contributed by atoms with Gasteiger partial charge in [-0.25, -0.2) is 0 Å². The maximum atomic E-state index is 12.8. The first-order valence-corrected chi connectivity index (χ1v) is 10.4. The molecule has 2 saturated heterocycles. The second-order valence-corrected chi connectivity index (χ2v) is 8.67. The Bertz CT molecular complexity index is 674. The SMILES string of the molecule is O=C(NCc1cccnc1)[C@H]1CCCN(S(=O)(=O)N2CCCCC2)C1. The Hall–Kier alpha value is -1.51. The van der Waals surface area contributed by atoms with Crippen molar-refractivity contribution >= 4 is 16.1 Å². The molecule has 0 radical (unpaired) electrons. The number of nitrogens with zero attached hydrogens (tertiary/aromatic N) is 3. The van der Waals surface area contributed by atoms with Gasteiger partial charge in [0.2, 0.25) is 5.91 Å². The Labute approximate surface area is 149 Å². The van der Waals surface area contributed by atoms with Crippen LogP contribution in [0.3, 0.4) is 0 Å². The van der Waals surface area contributed by atoms with Gasteiger partial charge in [-0.2, -0.15) is 17.0 Å². The minimum absolute atomic E-state index is 0.0811. The minimum Gasteiger partial charge on any atom is -0.352 e. The van der Waals surface area contributed by atoms with E-state index in [0.717, 1.165) is 37.7 Å². The monoisotopic (exact) mass is 366 g/mol. The van der Waals surface area contributed by atoms with Crippen molar-refractivity contribution in [3.8, 4) is 0 Å². The molecule has 3 heterocycles. The fourth-order valence-electron chi connectivity index (χ4n) is 3.46. The summed E-state index contributed by atoms with van der Waals surface area (Å²) in [6.45, 7) is 2.39. The van der Waals surface area contributed by atoms with E-state index in [0.29, 0.717) is 26.2 Å². The van der Waals surface area contributed by atoms with Gasteiger partial charge >= 0.3 is 0 Å². The van der Waals surface area contributed by atoms with E-state index in [9.17, 15) is 13.2 Å². The summed E-state index contributed by atoms with van der Waals surface area (Å²) in [7, 11) is -3.44. The third kappa shape index (κ3) is 4.56. The number of amides is 1. The molecule has 138 valence electrons. The van der Waals surface area contributed by atoms with Crippen molar-refractivity contribution in [1.82, 2.24) is 18.9 Å². The smallest absolute Gasteiger partial charge is 0.281 e. The van der Waals surface area contributed by atoms with Crippen LogP contribution in [-0.2, 0) is 21.5 Å². The van der Waals surface area contributed by atoms with E-state index in [-0.39, 0.29) is 18.4 Å². The molecule has 0 aromatic carbocycles. The van der Waals surface area contributed by atoms with Crippen molar-refractivity contribution in [1.29, 1.82) is 0 Å². The van der Waals surface area contributed by atoms with Crippen LogP contribution < -0.4 is 5.32 Å². The van der Waals surface area contributed by atoms with Crippen LogP contribution in [0.4, 0.5) is 0 Å². The molecular weight excluding hydrogens is 340 g/mol. The largest absolute Gasteiger partial charge is 0.352 e. The second kappa shape index (κ2) is 8.25. The second-order valence-electron chi connectivity index (χ2n) is 6.74. The molecular formula is C17H26N4O3S. The van der Waals surface area contributed by atoms with E-state index < -0.39 is 10.2 Å². The van der Waals surface area contributed by atoms with E-state index >= 15 is 0 Å². The first-order chi connectivity index (χ1) is 12.1. The molecule has 0 unspecified atom stereocenters. The van der Waals surface area contributed by atoms with Crippen LogP contribution in [0.25, 0.3) is 0 Å². The van der Waals surface area contributed by atoms with Crippen molar-refractivity contribution in [2.45, 2.75) is 38.6 Å². The van der Waals surface area contributed by atoms with Crippen LogP contribution in [0, 0.1) is 5.92 Å². The summed E-state index contributed by atoms with van der Waals surface area (Å²) in [6.07, 6.45) is 7.78. The Morgan fingerprint density at radius 1 is 1.16 bits per heavy atom. The van der Waals surface area contributed by atoms with Crippen molar-refractivity contribution < 1.29 is 13.2 Å². The molecule has 1 aromatic heterocycles. The van der Waals surface area contributed by atoms with Gasteiger partial charge in [0, 0.05) is 45.1 Å². The van der Waals surface area contributed by atoms with Gasteiger partial charge in [-0.05, 0) is 37.3 Å². The Balaban J connectivity index is 1.57. The Kier molecular flexibility index (Phi) is 6.03. The lowest BCUT2D eigenvalue weighted by Gasteiger charge is -2.36. The molecule has 25 heavy (non-hydrogen) atoms. The molecule has 1 aromatic rings. The third-order valence-corrected chi connectivity index (χ3v) is 6.91. The lowest BCUT2D eigenvalue weighted by atomic mass is 9.99. The van der Waals surface area contributed by atoms with Crippen LogP contribution in [-0.4, -0.2) is 54.1 Å². The van der Waals surface area contributed by atoms with Crippen LogP contribution in [0.5, 0.6) is 0 Å². The van der Waals surface area contributed by atoms with Crippen LogP contribution in [0.1, 0.15) is 37.7 Å². The normalized spacial score (nSPS) is 23.3. The zero-order valence-electron chi connectivity index (χ0n) is 14.4. The molecule has 7 nitrogen and oxygen atoms in total. The number of hydrogen-bond donors (Lipinski definition) is 1. The lowest BCUT2D eigenvalue weighted by molar-refractivity contribution is -0.126. The van der Waals surface area contributed by atoms with Gasteiger partial charge in [0.15, 0.2) is 0 Å². The zero-order chi connectivity index (χ0) is 17.7. The summed E-state index contributed by atoms with van der Waals surface area (Å²) in [5.41, 5.74) is 0.935. The number of rotatable bonds is 5. The van der Waals surface area contributed by atoms with Gasteiger partial charge in [-0.1, -0.05) is 12.5 Å². The predicted octanol–water partition coefficient (Wildman–Crippen LogP) is 1.14. The van der Waals surface area contributed by atoms with Crippen LogP contribution >= 0.6 is 0 Å². The summed E-state index contributed by atoms with van der Waals surface area (Å²) in [5, 5.41) is 2.91. The molecule has 0 spiro atoms. The highest BCUT2D eigenvalue weighted by Crippen LogP contribution is 2.23. The van der Waals surface area contributed by atoms with Gasteiger partial charge in [-0.15, -0.1) is 0 Å². The summed E-state index contributed by atoms with van der Waals surface area (Å²) < 4.78 is 28.7. The minimum atomic E-state index is -3.44. The van der Waals surface area contributed by atoms with Gasteiger partial charge in [0.25, 0.3) is 10.2 Å². The fourth-order valence-corrected chi connectivity index (χ4v) is 5.24. The molecule has 2 fully saturated rings. The first-order valence-electron chi connectivity index (χ1n) is 8.99. The summed E-state index contributed by atoms with van der Waals surface area (Å²) >= 11 is 0. The molecule has 2 aliphatic rings. The Morgan fingerprint density at radius 2 is 1.92 bits per heavy atom. The van der Waals surface area contributed by atoms with E-state index in [1.54, 1.807) is 16.7 Å². The highest BCUT2D eigenvalue weighted by Gasteiger charge is 2.36. The zero-order valence-corrected chi connectivity index (χ0v) is 15.2. The van der Waals surface area contributed by atoms with E-state index in [1.165, 1.54) is 4.31 Å². The average molecular weight is 366 g/mol. The van der Waals surface area contributed by atoms with Crippen molar-refractivity contribution in [3.63, 3.8) is 0 Å². The highest BCUT2D eigenvalue weighted by atomic mass is 32.2. The van der Waals surface area contributed by atoms with Crippen molar-refractivity contribution in [2.24, 2.45) is 5.92 Å². The Morgan fingerprint density at radius 3 is 2.64 bits per heavy atom. The quantitative estimate of drug-likeness (QED) is 0.847. The maximum absolute atomic E-state index is 12.8. The predicted molar refractivity (Wildman–Crippen MR) is 94.7 cm³/mol. The summed E-state index contributed by atoms with van der Waals surface area (Å²) in [5.74, 6) is -0.368. The van der Waals surface area contributed by atoms with Gasteiger partial charge in [0.05, 0.1) is 5.92 Å². The number of nitrogens with one attached hydrogen (secondary N) is 1. The topological polar surface area (TPSA) is 82.6 Å². The molecule has 1 N–H and O–H groups in total. The number of carbonyl (C=O) groups is 1. The standard InChI is InChI=1S/C17H26N4O3S/c22-17(19-13-15-6-4-8-18-12-15)16-7-5-11-21(14-16)25(23,24)20-9-2-1-3-10-20/h4,6,8,12,16H,1-3,5,7,9-11,13-14H2,(H,19,22)/t16-/m0/s1. The van der Waals surface area contributed by atoms with Gasteiger partial charge in [-0.3, -0.25) is 9.78 Å². The number of hydrogen-bond acceptors (Lipinski definition) is 4. The maximum Gasteiger partial charge on any atom is 0.281 e. The molecule has 1 atom stereocenters. The van der Waals surface area contributed by atoms with Gasteiger partial charge in [0.1, 0.15) is 0 Å². The van der Waals surface area contributed by atoms with E-state index in [2.05, 4.69) is 10.3 Å². The molecule has 1 amide bonds. The first kappa shape index (κ1) is 18.3. The fraction of sp³-hybridized carbons (Fsp3) is 0.647. The third-order valence-electron chi connectivity index (χ3n) is 4.91. The van der Waals surface area contributed by atoms with E-state index in [1.807, 2.05) is 12.1 Å². The molecule has 8 heteroatoms. The molecule has 0 aliphatic carbocycles. The van der Waals surface area contributed by atoms with Crippen molar-refractivity contribution in [2.75, 3.05) is 26.2 Å².